The Labute approximate surface area is 359 Å². The molecule has 0 saturated carbocycles. The number of allylic oxidation sites excluding steroid dienone is 12. The molecule has 0 amide bonds. The summed E-state index contributed by atoms with van der Waals surface area (Å²) in [6.45, 7) is 7.62. The minimum absolute atomic E-state index is 0.0589. The molecule has 0 heterocycles. The summed E-state index contributed by atoms with van der Waals surface area (Å²) in [6, 6.07) is 0. The van der Waals surface area contributed by atoms with Gasteiger partial charge in [0.1, 0.15) is 6.61 Å². The Morgan fingerprint density at radius 2 is 0.776 bits per heavy atom. The Morgan fingerprint density at radius 1 is 0.397 bits per heavy atom. The fraction of sp³-hybridized carbons (Fsp3) is 0.736. The van der Waals surface area contributed by atoms with Crippen LogP contribution in [0.15, 0.2) is 72.9 Å². The minimum Gasteiger partial charge on any atom is -0.462 e. The summed E-state index contributed by atoms with van der Waals surface area (Å²) >= 11 is 0. The molecule has 334 valence electrons. The maximum Gasteiger partial charge on any atom is 0.306 e. The molecule has 0 aromatic rings. The normalized spacial score (nSPS) is 12.8. The Morgan fingerprint density at radius 3 is 1.31 bits per heavy atom. The molecule has 0 aliphatic carbocycles. The van der Waals surface area contributed by atoms with Crippen molar-refractivity contribution in [3.8, 4) is 0 Å². The van der Waals surface area contributed by atoms with Gasteiger partial charge >= 0.3 is 11.9 Å². The van der Waals surface area contributed by atoms with Crippen molar-refractivity contribution in [2.24, 2.45) is 0 Å². The van der Waals surface area contributed by atoms with E-state index in [9.17, 15) is 9.59 Å². The summed E-state index contributed by atoms with van der Waals surface area (Å²) in [5.41, 5.74) is 0. The van der Waals surface area contributed by atoms with Crippen molar-refractivity contribution < 1.29 is 23.8 Å². The lowest BCUT2D eigenvalue weighted by Gasteiger charge is -2.18. The van der Waals surface area contributed by atoms with E-state index in [1.807, 2.05) is 0 Å². The molecule has 0 aliphatic rings. The van der Waals surface area contributed by atoms with Crippen LogP contribution in [0.4, 0.5) is 0 Å². The third kappa shape index (κ3) is 46.0. The molecule has 0 rings (SSSR count). The minimum atomic E-state index is -0.557. The van der Waals surface area contributed by atoms with Gasteiger partial charge in [-0.05, 0) is 89.9 Å². The number of hydrogen-bond acceptors (Lipinski definition) is 5. The van der Waals surface area contributed by atoms with Crippen molar-refractivity contribution in [1.82, 2.24) is 0 Å². The van der Waals surface area contributed by atoms with E-state index in [1.54, 1.807) is 0 Å². The van der Waals surface area contributed by atoms with E-state index in [-0.39, 0.29) is 25.2 Å². The lowest BCUT2D eigenvalue weighted by Crippen LogP contribution is -2.30. The van der Waals surface area contributed by atoms with Gasteiger partial charge in [0.15, 0.2) is 6.10 Å². The van der Waals surface area contributed by atoms with Crippen LogP contribution < -0.4 is 0 Å². The maximum absolute atomic E-state index is 12.7. The summed E-state index contributed by atoms with van der Waals surface area (Å²) in [4.78, 5) is 25.3. The maximum atomic E-state index is 12.7. The van der Waals surface area contributed by atoms with Gasteiger partial charge in [-0.2, -0.15) is 0 Å². The van der Waals surface area contributed by atoms with Crippen LogP contribution in [0.1, 0.15) is 226 Å². The third-order valence-electron chi connectivity index (χ3n) is 10.2. The van der Waals surface area contributed by atoms with Crippen LogP contribution in [0, 0.1) is 0 Å². The molecule has 0 aliphatic heterocycles. The highest BCUT2D eigenvalue weighted by atomic mass is 16.6. The first-order valence-electron chi connectivity index (χ1n) is 24.5. The second-order valence-corrected chi connectivity index (χ2v) is 16.0. The van der Waals surface area contributed by atoms with E-state index < -0.39 is 6.10 Å². The molecular weight excluding hydrogens is 717 g/mol. The molecule has 0 spiro atoms. The molecule has 5 heteroatoms. The quantitative estimate of drug-likeness (QED) is 0.0348. The van der Waals surface area contributed by atoms with Gasteiger partial charge in [0.05, 0.1) is 6.61 Å². The molecule has 0 radical (unpaired) electrons. The second kappa shape index (κ2) is 48.7. The zero-order valence-corrected chi connectivity index (χ0v) is 38.3. The van der Waals surface area contributed by atoms with Crippen LogP contribution in [0.2, 0.25) is 0 Å². The van der Waals surface area contributed by atoms with E-state index in [0.29, 0.717) is 19.4 Å². The van der Waals surface area contributed by atoms with E-state index >= 15 is 0 Å². The summed E-state index contributed by atoms with van der Waals surface area (Å²) < 4.78 is 17.3. The van der Waals surface area contributed by atoms with E-state index in [0.717, 1.165) is 77.0 Å². The van der Waals surface area contributed by atoms with Gasteiger partial charge in [-0.15, -0.1) is 0 Å². The summed E-state index contributed by atoms with van der Waals surface area (Å²) in [5, 5.41) is 0. The second-order valence-electron chi connectivity index (χ2n) is 16.0. The van der Waals surface area contributed by atoms with E-state index in [2.05, 4.69) is 93.7 Å². The van der Waals surface area contributed by atoms with Crippen LogP contribution in [0.5, 0.6) is 0 Å². The summed E-state index contributed by atoms with van der Waals surface area (Å²) in [7, 11) is 0. The van der Waals surface area contributed by atoms with Gasteiger partial charge in [-0.25, -0.2) is 0 Å². The van der Waals surface area contributed by atoms with Crippen molar-refractivity contribution in [2.45, 2.75) is 232 Å². The molecule has 0 N–H and O–H groups in total. The van der Waals surface area contributed by atoms with Crippen molar-refractivity contribution >= 4 is 11.9 Å². The highest BCUT2D eigenvalue weighted by Crippen LogP contribution is 2.14. The Hall–Kier alpha value is -2.66. The molecular formula is C53H92O5. The standard InChI is InChI=1S/C53H92O5/c1-4-7-10-13-16-19-22-24-26-28-30-33-36-39-42-45-48-56-49-51(58-53(55)47-44-41-38-35-31-21-18-15-12-9-6-3)50-57-52(54)46-43-40-37-34-32-29-27-25-23-20-17-14-11-8-5-2/h8,11,16-17,19-20,24-27,32,34,51H,4-7,9-10,12-15,18,21-23,28-31,33,35-50H2,1-3H3/b11-8-,19-16-,20-17-,26-24-,27-25-,34-32-. The molecule has 5 nitrogen and oxygen atoms in total. The molecule has 0 saturated heterocycles. The van der Waals surface area contributed by atoms with Crippen LogP contribution >= 0.6 is 0 Å². The molecule has 0 aromatic carbocycles. The monoisotopic (exact) mass is 809 g/mol. The molecule has 58 heavy (non-hydrogen) atoms. The predicted octanol–water partition coefficient (Wildman–Crippen LogP) is 16.3. The fourth-order valence-corrected chi connectivity index (χ4v) is 6.59. The number of carbonyl (C=O) groups excluding carboxylic acids is 2. The predicted molar refractivity (Wildman–Crippen MR) is 251 cm³/mol. The zero-order valence-electron chi connectivity index (χ0n) is 38.3. The Kier molecular flexibility index (Phi) is 46.5. The van der Waals surface area contributed by atoms with Gasteiger partial charge in [-0.1, -0.05) is 196 Å². The molecule has 0 fully saturated rings. The average Bonchev–Trinajstić information content (AvgIpc) is 3.22. The summed E-state index contributed by atoms with van der Waals surface area (Å²) in [5.74, 6) is -0.450. The van der Waals surface area contributed by atoms with Crippen molar-refractivity contribution in [2.75, 3.05) is 19.8 Å². The number of hydrogen-bond donors (Lipinski definition) is 0. The van der Waals surface area contributed by atoms with Crippen molar-refractivity contribution in [3.05, 3.63) is 72.9 Å². The van der Waals surface area contributed by atoms with Crippen LogP contribution in [-0.2, 0) is 23.8 Å². The van der Waals surface area contributed by atoms with Crippen LogP contribution in [-0.4, -0.2) is 37.9 Å². The summed E-state index contributed by atoms with van der Waals surface area (Å²) in [6.07, 6.45) is 61.9. The number of unbranched alkanes of at least 4 members (excludes halogenated alkanes) is 21. The topological polar surface area (TPSA) is 61.8 Å². The SMILES string of the molecule is CC/C=C\C/C=C\C/C=C\C/C=C\CCCCC(=O)OCC(COCCCCCCCC/C=C\C/C=C\CCCCC)OC(=O)CCCCCCCCCCCCC. The highest BCUT2D eigenvalue weighted by Gasteiger charge is 2.17. The van der Waals surface area contributed by atoms with Gasteiger partial charge in [0, 0.05) is 19.4 Å². The van der Waals surface area contributed by atoms with Crippen molar-refractivity contribution in [3.63, 3.8) is 0 Å². The smallest absolute Gasteiger partial charge is 0.306 e. The van der Waals surface area contributed by atoms with Gasteiger partial charge < -0.3 is 14.2 Å². The largest absolute Gasteiger partial charge is 0.462 e. The molecule has 1 unspecified atom stereocenters. The lowest BCUT2D eigenvalue weighted by atomic mass is 10.1. The van der Waals surface area contributed by atoms with Gasteiger partial charge in [0.2, 0.25) is 0 Å². The Balaban J connectivity index is 4.33. The van der Waals surface area contributed by atoms with Crippen molar-refractivity contribution in [1.29, 1.82) is 0 Å². The molecule has 1 atom stereocenters. The molecule has 0 aromatic heterocycles. The fourth-order valence-electron chi connectivity index (χ4n) is 6.59. The Bertz CT molecular complexity index is 1050. The van der Waals surface area contributed by atoms with Crippen LogP contribution in [0.25, 0.3) is 0 Å². The zero-order chi connectivity index (χ0) is 42.1. The van der Waals surface area contributed by atoms with Crippen LogP contribution in [0.3, 0.4) is 0 Å². The lowest BCUT2D eigenvalue weighted by molar-refractivity contribution is -0.163. The van der Waals surface area contributed by atoms with E-state index in [4.69, 9.17) is 14.2 Å². The van der Waals surface area contributed by atoms with Gasteiger partial charge in [0.25, 0.3) is 0 Å². The number of esters is 2. The number of rotatable bonds is 44. The van der Waals surface area contributed by atoms with Gasteiger partial charge in [-0.3, -0.25) is 9.59 Å². The molecule has 0 bridgehead atoms. The highest BCUT2D eigenvalue weighted by molar-refractivity contribution is 5.70. The first-order valence-corrected chi connectivity index (χ1v) is 24.5. The first-order chi connectivity index (χ1) is 28.6. The number of ether oxygens (including phenoxy) is 3. The average molecular weight is 809 g/mol. The first kappa shape index (κ1) is 55.3. The third-order valence-corrected chi connectivity index (χ3v) is 10.2. The van der Waals surface area contributed by atoms with E-state index in [1.165, 1.54) is 116 Å². The number of carbonyl (C=O) groups is 2.